The highest BCUT2D eigenvalue weighted by Crippen LogP contribution is 2.52. The molecule has 3 heterocycles. The molecule has 3 aliphatic heterocycles. The fourth-order valence-corrected chi connectivity index (χ4v) is 5.73. The molecule has 0 saturated carbocycles. The first kappa shape index (κ1) is 17.3. The number of likely N-dealkylation sites (tertiary alicyclic amines) is 1. The number of carboxylic acids is 1. The Hall–Kier alpha value is -1.54. The third kappa shape index (κ3) is 2.43. The topological polar surface area (TPSA) is 98.2 Å². The number of rotatable bonds is 5. The molecule has 0 radical (unpaired) electrons. The highest BCUT2D eigenvalue weighted by Gasteiger charge is 2.60. The van der Waals surface area contributed by atoms with Crippen molar-refractivity contribution in [3.05, 3.63) is 10.6 Å². The van der Waals surface area contributed by atoms with E-state index < -0.39 is 18.0 Å². The molecule has 2 fully saturated rings. The molecular formula is C16H22N2O5S. The van der Waals surface area contributed by atoms with Crippen LogP contribution in [0.25, 0.3) is 0 Å². The van der Waals surface area contributed by atoms with Crippen LogP contribution in [0.4, 0.5) is 0 Å². The summed E-state index contributed by atoms with van der Waals surface area (Å²) in [4.78, 5) is 38.8. The molecule has 3 aliphatic rings. The van der Waals surface area contributed by atoms with Gasteiger partial charge in [-0.1, -0.05) is 6.92 Å². The molecule has 5 unspecified atom stereocenters. The number of amides is 2. The number of thioether (sulfide) groups is 1. The summed E-state index contributed by atoms with van der Waals surface area (Å²) in [5.74, 6) is -2.09. The van der Waals surface area contributed by atoms with Gasteiger partial charge in [-0.25, -0.2) is 4.79 Å². The zero-order chi connectivity index (χ0) is 17.8. The normalized spacial score (nSPS) is 36.7. The number of carbonyl (C=O) groups is 3. The molecule has 8 heteroatoms. The minimum atomic E-state index is -1.11. The molecule has 2 amide bonds. The van der Waals surface area contributed by atoms with Gasteiger partial charge >= 0.3 is 5.97 Å². The van der Waals surface area contributed by atoms with Crippen molar-refractivity contribution in [2.24, 2.45) is 11.8 Å². The third-order valence-corrected chi connectivity index (χ3v) is 6.82. The van der Waals surface area contributed by atoms with Crippen molar-refractivity contribution >= 4 is 30.0 Å². The first-order chi connectivity index (χ1) is 11.3. The molecular weight excluding hydrogens is 332 g/mol. The van der Waals surface area contributed by atoms with Crippen LogP contribution in [0.3, 0.4) is 0 Å². The number of carbonyl (C=O) groups excluding carboxylic acids is 2. The number of β-lactam (4-membered cyclic amide) rings is 1. The second kappa shape index (κ2) is 6.07. The number of aliphatic hydroxyl groups excluding tert-OH is 1. The van der Waals surface area contributed by atoms with Crippen LogP contribution in [0.2, 0.25) is 0 Å². The van der Waals surface area contributed by atoms with Gasteiger partial charge in [0.05, 0.1) is 18.1 Å². The summed E-state index contributed by atoms with van der Waals surface area (Å²) in [5.41, 5.74) is 0.0524. The molecule has 2 N–H and O–H groups in total. The van der Waals surface area contributed by atoms with Crippen molar-refractivity contribution in [2.75, 3.05) is 6.54 Å². The first-order valence-corrected chi connectivity index (χ1v) is 9.02. The predicted octanol–water partition coefficient (Wildman–Crippen LogP) is 0.492. The van der Waals surface area contributed by atoms with Gasteiger partial charge < -0.3 is 20.0 Å². The predicted molar refractivity (Wildman–Crippen MR) is 87.9 cm³/mol. The Morgan fingerprint density at radius 2 is 2.08 bits per heavy atom. The van der Waals surface area contributed by atoms with Crippen molar-refractivity contribution in [1.82, 2.24) is 9.80 Å². The van der Waals surface area contributed by atoms with Crippen molar-refractivity contribution in [3.63, 3.8) is 0 Å². The number of aliphatic carboxylic acids is 1. The summed E-state index contributed by atoms with van der Waals surface area (Å²) >= 11 is 1.47. The lowest BCUT2D eigenvalue weighted by atomic mass is 9.79. The van der Waals surface area contributed by atoms with Crippen LogP contribution in [0, 0.1) is 11.8 Å². The van der Waals surface area contributed by atoms with Crippen molar-refractivity contribution < 1.29 is 24.6 Å². The molecule has 0 aromatic carbocycles. The number of hydrogen-bond acceptors (Lipinski definition) is 5. The molecule has 6 atom stereocenters. The fourth-order valence-electron chi connectivity index (χ4n) is 4.10. The number of fused-ring (bicyclic) bond motifs is 1. The molecule has 24 heavy (non-hydrogen) atoms. The second-order valence-electron chi connectivity index (χ2n) is 6.90. The quantitative estimate of drug-likeness (QED) is 0.551. The van der Waals surface area contributed by atoms with Gasteiger partial charge in [-0.2, -0.15) is 0 Å². The van der Waals surface area contributed by atoms with E-state index in [0.29, 0.717) is 11.4 Å². The highest BCUT2D eigenvalue weighted by molar-refractivity contribution is 8.03. The third-order valence-electron chi connectivity index (χ3n) is 5.32. The molecule has 0 spiro atoms. The van der Waals surface area contributed by atoms with Gasteiger partial charge in [-0.3, -0.25) is 9.59 Å². The van der Waals surface area contributed by atoms with E-state index in [1.807, 2.05) is 13.8 Å². The van der Waals surface area contributed by atoms with Gasteiger partial charge in [0.1, 0.15) is 5.70 Å². The van der Waals surface area contributed by atoms with Crippen LogP contribution in [0.5, 0.6) is 0 Å². The van der Waals surface area contributed by atoms with E-state index in [9.17, 15) is 24.6 Å². The SMILES string of the molecule is CC(O)C1C(=O)N2C(C(=O)O)=C(SC3CC(C)N(C=O)C3)C(C)[C@H]12. The number of hydrogen-bond donors (Lipinski definition) is 2. The zero-order valence-electron chi connectivity index (χ0n) is 13.9. The van der Waals surface area contributed by atoms with E-state index in [1.165, 1.54) is 16.7 Å². The molecule has 7 nitrogen and oxygen atoms in total. The van der Waals surface area contributed by atoms with Gasteiger partial charge in [-0.15, -0.1) is 11.8 Å². The van der Waals surface area contributed by atoms with E-state index >= 15 is 0 Å². The zero-order valence-corrected chi connectivity index (χ0v) is 14.7. The molecule has 0 bridgehead atoms. The van der Waals surface area contributed by atoms with Crippen LogP contribution in [0.15, 0.2) is 10.6 Å². The van der Waals surface area contributed by atoms with Crippen molar-refractivity contribution in [3.8, 4) is 0 Å². The smallest absolute Gasteiger partial charge is 0.353 e. The van der Waals surface area contributed by atoms with Crippen LogP contribution >= 0.6 is 11.8 Å². The Balaban J connectivity index is 1.85. The molecule has 0 aliphatic carbocycles. The standard InChI is InChI=1S/C16H22N2O5S/c1-7-4-10(5-17(7)6-19)24-14-8(2)12-11(9(3)20)15(21)18(12)13(14)16(22)23/h6-12,20H,4-5H2,1-3H3,(H,22,23)/t7?,8?,9?,10?,11?,12-/m1/s1. The Morgan fingerprint density at radius 1 is 1.42 bits per heavy atom. The summed E-state index contributed by atoms with van der Waals surface area (Å²) in [5, 5.41) is 19.6. The molecule has 0 aromatic heterocycles. The summed E-state index contributed by atoms with van der Waals surface area (Å²) in [6.07, 6.45) is 0.832. The molecule has 132 valence electrons. The van der Waals surface area contributed by atoms with E-state index in [0.717, 1.165) is 12.8 Å². The maximum Gasteiger partial charge on any atom is 0.353 e. The minimum absolute atomic E-state index is 0.0524. The van der Waals surface area contributed by atoms with Crippen molar-refractivity contribution in [2.45, 2.75) is 50.6 Å². The lowest BCUT2D eigenvalue weighted by Crippen LogP contribution is -2.63. The van der Waals surface area contributed by atoms with Crippen LogP contribution in [-0.4, -0.2) is 68.3 Å². The summed E-state index contributed by atoms with van der Waals surface area (Å²) in [6, 6.07) is -0.151. The van der Waals surface area contributed by atoms with Crippen molar-refractivity contribution in [1.29, 1.82) is 0 Å². The fraction of sp³-hybridized carbons (Fsp3) is 0.688. The van der Waals surface area contributed by atoms with Gasteiger partial charge in [0.25, 0.3) is 0 Å². The van der Waals surface area contributed by atoms with Crippen LogP contribution in [-0.2, 0) is 14.4 Å². The maximum atomic E-state index is 12.3. The number of nitrogens with zero attached hydrogens (tertiary/aromatic N) is 2. The molecule has 0 aromatic rings. The van der Waals surface area contributed by atoms with Gasteiger partial charge in [0.2, 0.25) is 12.3 Å². The average molecular weight is 354 g/mol. The number of carboxylic acid groups (broad SMARTS) is 1. The minimum Gasteiger partial charge on any atom is -0.477 e. The van der Waals surface area contributed by atoms with E-state index in [1.54, 1.807) is 11.8 Å². The van der Waals surface area contributed by atoms with Crippen LogP contribution < -0.4 is 0 Å². The Labute approximate surface area is 144 Å². The van der Waals surface area contributed by atoms with E-state index in [-0.39, 0.29) is 34.9 Å². The Kier molecular flexibility index (Phi) is 4.37. The first-order valence-electron chi connectivity index (χ1n) is 8.14. The van der Waals surface area contributed by atoms with Gasteiger partial charge in [0.15, 0.2) is 0 Å². The van der Waals surface area contributed by atoms with Crippen LogP contribution in [0.1, 0.15) is 27.2 Å². The molecule has 2 saturated heterocycles. The molecule has 3 rings (SSSR count). The summed E-state index contributed by atoms with van der Waals surface area (Å²) in [6.45, 7) is 6.03. The average Bonchev–Trinajstić information content (AvgIpc) is 2.96. The van der Waals surface area contributed by atoms with E-state index in [4.69, 9.17) is 0 Å². The van der Waals surface area contributed by atoms with Gasteiger partial charge in [-0.05, 0) is 20.3 Å². The lowest BCUT2D eigenvalue weighted by Gasteiger charge is -2.46. The second-order valence-corrected chi connectivity index (χ2v) is 8.24. The van der Waals surface area contributed by atoms with E-state index in [2.05, 4.69) is 0 Å². The maximum absolute atomic E-state index is 12.3. The monoisotopic (exact) mass is 354 g/mol. The Morgan fingerprint density at radius 3 is 2.58 bits per heavy atom. The Bertz CT molecular complexity index is 620. The lowest BCUT2D eigenvalue weighted by molar-refractivity contribution is -0.163. The summed E-state index contributed by atoms with van der Waals surface area (Å²) < 4.78 is 0. The number of aliphatic hydroxyl groups is 1. The highest BCUT2D eigenvalue weighted by atomic mass is 32.2. The van der Waals surface area contributed by atoms with Gasteiger partial charge in [0, 0.05) is 28.7 Å². The summed E-state index contributed by atoms with van der Waals surface area (Å²) in [7, 11) is 0. The largest absolute Gasteiger partial charge is 0.477 e.